The van der Waals surface area contributed by atoms with E-state index in [1.165, 1.54) is 16.8 Å². The van der Waals surface area contributed by atoms with Gasteiger partial charge >= 0.3 is 5.97 Å². The van der Waals surface area contributed by atoms with Crippen molar-refractivity contribution < 1.29 is 9.90 Å². The van der Waals surface area contributed by atoms with Crippen molar-refractivity contribution in [2.75, 3.05) is 0 Å². The zero-order valence-electron chi connectivity index (χ0n) is 15.3. The number of benzene rings is 2. The van der Waals surface area contributed by atoms with Crippen LogP contribution >= 0.6 is 11.6 Å². The largest absolute Gasteiger partial charge is 0.478 e. The van der Waals surface area contributed by atoms with Crippen molar-refractivity contribution in [3.63, 3.8) is 0 Å². The fourth-order valence-electron chi connectivity index (χ4n) is 3.08. The van der Waals surface area contributed by atoms with Gasteiger partial charge in [0, 0.05) is 16.8 Å². The number of aromatic amines is 1. The second-order valence-electron chi connectivity index (χ2n) is 6.42. The number of nitrogens with one attached hydrogen (secondary N) is 1. The van der Waals surface area contributed by atoms with Gasteiger partial charge in [-0.1, -0.05) is 41.9 Å². The first-order chi connectivity index (χ1) is 14.0. The van der Waals surface area contributed by atoms with Crippen molar-refractivity contribution in [3.8, 4) is 5.69 Å². The Morgan fingerprint density at radius 1 is 1.21 bits per heavy atom. The van der Waals surface area contributed by atoms with Gasteiger partial charge in [-0.25, -0.2) is 9.48 Å². The molecule has 0 radical (unpaired) electrons. The summed E-state index contributed by atoms with van der Waals surface area (Å²) in [5.41, 5.74) is 3.33. The van der Waals surface area contributed by atoms with Crippen molar-refractivity contribution in [2.24, 2.45) is 10.2 Å². The van der Waals surface area contributed by atoms with Crippen LogP contribution < -0.4 is 5.56 Å². The maximum atomic E-state index is 13.0. The van der Waals surface area contributed by atoms with Crippen LogP contribution in [-0.2, 0) is 0 Å². The molecule has 29 heavy (non-hydrogen) atoms. The minimum absolute atomic E-state index is 0.0790. The number of hydrogen-bond acceptors (Lipinski definition) is 4. The molecule has 0 amide bonds. The van der Waals surface area contributed by atoms with Crippen molar-refractivity contribution in [2.45, 2.75) is 6.92 Å². The highest BCUT2D eigenvalue weighted by Gasteiger charge is 2.18. The molecule has 0 unspecified atom stereocenters. The van der Waals surface area contributed by atoms with Crippen LogP contribution in [-0.4, -0.2) is 32.8 Å². The van der Waals surface area contributed by atoms with E-state index in [-0.39, 0.29) is 16.1 Å². The second-order valence-corrected chi connectivity index (χ2v) is 6.83. The average Bonchev–Trinajstić information content (AvgIpc) is 3.29. The molecular formula is C21H15ClN4O3. The van der Waals surface area contributed by atoms with Gasteiger partial charge in [0.15, 0.2) is 0 Å². The van der Waals surface area contributed by atoms with Gasteiger partial charge in [0.1, 0.15) is 5.71 Å². The Bertz CT molecular complexity index is 1270. The standard InChI is InChI=1S/C21H15ClN4O3/c1-12-16(9-14-11-23-24-19(14)13-5-3-2-4-6-13)20(27)26(25-12)15-7-8-18(22)17(10-15)21(28)29/h2-11,25H,1H3,(H,28,29)/b14-9+. The van der Waals surface area contributed by atoms with Crippen molar-refractivity contribution >= 4 is 35.6 Å². The molecule has 0 fully saturated rings. The van der Waals surface area contributed by atoms with E-state index >= 15 is 0 Å². The number of allylic oxidation sites excluding steroid dienone is 1. The molecule has 1 aliphatic rings. The molecule has 144 valence electrons. The molecule has 0 atom stereocenters. The molecule has 0 aliphatic carbocycles. The molecular weight excluding hydrogens is 392 g/mol. The summed E-state index contributed by atoms with van der Waals surface area (Å²) >= 11 is 5.93. The molecule has 0 saturated carbocycles. The number of hydrogen-bond donors (Lipinski definition) is 2. The lowest BCUT2D eigenvalue weighted by atomic mass is 10.0. The van der Waals surface area contributed by atoms with Crippen LogP contribution in [0.15, 0.2) is 69.1 Å². The molecule has 7 nitrogen and oxygen atoms in total. The Morgan fingerprint density at radius 2 is 1.97 bits per heavy atom. The molecule has 0 spiro atoms. The monoisotopic (exact) mass is 406 g/mol. The molecule has 2 N–H and O–H groups in total. The second kappa shape index (κ2) is 7.37. The fourth-order valence-corrected chi connectivity index (χ4v) is 3.28. The minimum atomic E-state index is -1.17. The van der Waals surface area contributed by atoms with Crippen molar-refractivity contribution in [3.05, 3.63) is 91.9 Å². The Morgan fingerprint density at radius 3 is 2.69 bits per heavy atom. The number of carbonyl (C=O) groups is 1. The lowest BCUT2D eigenvalue weighted by Gasteiger charge is -2.04. The number of aromatic nitrogens is 2. The summed E-state index contributed by atoms with van der Waals surface area (Å²) in [7, 11) is 0. The number of aromatic carboxylic acids is 1. The smallest absolute Gasteiger partial charge is 0.337 e. The van der Waals surface area contributed by atoms with E-state index in [9.17, 15) is 14.7 Å². The summed E-state index contributed by atoms with van der Waals surface area (Å²) in [4.78, 5) is 24.4. The predicted octanol–water partition coefficient (Wildman–Crippen LogP) is 3.70. The molecule has 3 aromatic rings. The van der Waals surface area contributed by atoms with E-state index < -0.39 is 5.97 Å². The Balaban J connectivity index is 1.78. The van der Waals surface area contributed by atoms with Gasteiger partial charge in [0.25, 0.3) is 5.56 Å². The Hall–Kier alpha value is -3.71. The van der Waals surface area contributed by atoms with Crippen LogP contribution in [0.3, 0.4) is 0 Å². The Labute approximate surface area is 170 Å². The summed E-state index contributed by atoms with van der Waals surface area (Å²) < 4.78 is 1.29. The molecule has 2 aromatic carbocycles. The average molecular weight is 407 g/mol. The summed E-state index contributed by atoms with van der Waals surface area (Å²) in [5.74, 6) is -1.17. The number of aryl methyl sites for hydroxylation is 1. The molecule has 0 saturated heterocycles. The van der Waals surface area contributed by atoms with E-state index in [4.69, 9.17) is 11.6 Å². The number of H-pyrrole nitrogens is 1. The SMILES string of the molecule is Cc1[nH]n(-c2ccc(Cl)c(C(=O)O)c2)c(=O)c1/C=C1\C=NN=C1c1ccccc1. The maximum Gasteiger partial charge on any atom is 0.337 e. The lowest BCUT2D eigenvalue weighted by Crippen LogP contribution is -2.17. The van der Waals surface area contributed by atoms with Crippen LogP contribution in [0.4, 0.5) is 0 Å². The summed E-state index contributed by atoms with van der Waals surface area (Å²) in [6.45, 7) is 1.77. The van der Waals surface area contributed by atoms with E-state index in [0.717, 1.165) is 5.56 Å². The third-order valence-corrected chi connectivity index (χ3v) is 4.86. The highest BCUT2D eigenvalue weighted by Crippen LogP contribution is 2.21. The molecule has 8 heteroatoms. The van der Waals surface area contributed by atoms with Gasteiger partial charge in [0.05, 0.1) is 28.1 Å². The normalized spacial score (nSPS) is 14.4. The fraction of sp³-hybridized carbons (Fsp3) is 0.0476. The molecule has 2 heterocycles. The zero-order chi connectivity index (χ0) is 20.5. The van der Waals surface area contributed by atoms with Crippen LogP contribution in [0.25, 0.3) is 11.8 Å². The number of nitrogens with zero attached hydrogens (tertiary/aromatic N) is 3. The molecule has 1 aromatic heterocycles. The third kappa shape index (κ3) is 3.43. The van der Waals surface area contributed by atoms with Crippen molar-refractivity contribution in [1.82, 2.24) is 9.78 Å². The van der Waals surface area contributed by atoms with Crippen LogP contribution in [0.2, 0.25) is 5.02 Å². The summed E-state index contributed by atoms with van der Waals surface area (Å²) in [6.07, 6.45) is 3.32. The van der Waals surface area contributed by atoms with Gasteiger partial charge in [-0.15, -0.1) is 5.10 Å². The number of rotatable bonds is 4. The minimum Gasteiger partial charge on any atom is -0.478 e. The molecule has 0 bridgehead atoms. The Kier molecular flexibility index (Phi) is 4.74. The van der Waals surface area contributed by atoms with Crippen LogP contribution in [0.1, 0.15) is 27.2 Å². The quantitative estimate of drug-likeness (QED) is 0.690. The van der Waals surface area contributed by atoms with E-state index in [1.54, 1.807) is 25.3 Å². The number of carboxylic acid groups (broad SMARTS) is 1. The van der Waals surface area contributed by atoms with Gasteiger partial charge in [-0.2, -0.15) is 5.10 Å². The van der Waals surface area contributed by atoms with E-state index in [0.29, 0.717) is 28.2 Å². The summed E-state index contributed by atoms with van der Waals surface area (Å²) in [6, 6.07) is 14.0. The van der Waals surface area contributed by atoms with Gasteiger partial charge in [-0.05, 0) is 31.2 Å². The first-order valence-corrected chi connectivity index (χ1v) is 9.07. The predicted molar refractivity (Wildman–Crippen MR) is 113 cm³/mol. The van der Waals surface area contributed by atoms with Gasteiger partial charge < -0.3 is 5.11 Å². The van der Waals surface area contributed by atoms with Crippen LogP contribution in [0.5, 0.6) is 0 Å². The van der Waals surface area contributed by atoms with E-state index in [2.05, 4.69) is 15.3 Å². The van der Waals surface area contributed by atoms with Gasteiger partial charge in [0.2, 0.25) is 0 Å². The molecule has 1 aliphatic heterocycles. The third-order valence-electron chi connectivity index (χ3n) is 4.53. The topological polar surface area (TPSA) is 99.8 Å². The van der Waals surface area contributed by atoms with E-state index in [1.807, 2.05) is 30.3 Å². The maximum absolute atomic E-state index is 13.0. The van der Waals surface area contributed by atoms with Crippen LogP contribution in [0, 0.1) is 6.92 Å². The first-order valence-electron chi connectivity index (χ1n) is 8.69. The highest BCUT2D eigenvalue weighted by molar-refractivity contribution is 6.33. The highest BCUT2D eigenvalue weighted by atomic mass is 35.5. The molecule has 4 rings (SSSR count). The lowest BCUT2D eigenvalue weighted by molar-refractivity contribution is 0.0697. The first kappa shape index (κ1) is 18.6. The van der Waals surface area contributed by atoms with Gasteiger partial charge in [-0.3, -0.25) is 9.89 Å². The number of carboxylic acids is 1. The summed E-state index contributed by atoms with van der Waals surface area (Å²) in [5, 5.41) is 20.5. The number of halogens is 1. The van der Waals surface area contributed by atoms with Crippen molar-refractivity contribution in [1.29, 1.82) is 0 Å². The zero-order valence-corrected chi connectivity index (χ0v) is 16.0.